The third kappa shape index (κ3) is 10.3. The van der Waals surface area contributed by atoms with Crippen molar-refractivity contribution in [1.82, 2.24) is 19.9 Å². The Morgan fingerprint density at radius 2 is 1.71 bits per heavy atom. The highest BCUT2D eigenvalue weighted by Crippen LogP contribution is 2.23. The highest BCUT2D eigenvalue weighted by molar-refractivity contribution is 5.95. The summed E-state index contributed by atoms with van der Waals surface area (Å²) in [7, 11) is 0. The van der Waals surface area contributed by atoms with E-state index in [9.17, 15) is 14.4 Å². The standard InChI is InChI=1S/C33H42N4O8/c1-32(2,3)43-30(39)28(45-37-22-41-19-24-10-7-8-11-26(24)29(37)38)20-42-25-14-12-23(13-15-25)27-18-36(21-35-27)17-9-16-34-31(40)44-33(4,5)6/h7-8,10-15,18,21,28H,9,16-17,19-20,22H2,1-6H3,(H,34,40)/t28-/m0/s1. The summed E-state index contributed by atoms with van der Waals surface area (Å²) < 4.78 is 24.3. The Labute approximate surface area is 263 Å². The molecule has 0 radical (unpaired) electrons. The first kappa shape index (κ1) is 33.5. The molecule has 0 saturated heterocycles. The van der Waals surface area contributed by atoms with Crippen LogP contribution in [0.2, 0.25) is 0 Å². The van der Waals surface area contributed by atoms with Crippen LogP contribution in [-0.2, 0) is 37.0 Å². The van der Waals surface area contributed by atoms with Crippen LogP contribution in [0.15, 0.2) is 61.1 Å². The molecule has 0 unspecified atom stereocenters. The van der Waals surface area contributed by atoms with Gasteiger partial charge in [0.2, 0.25) is 6.10 Å². The maximum absolute atomic E-state index is 13.2. The molecule has 0 spiro atoms. The summed E-state index contributed by atoms with van der Waals surface area (Å²) >= 11 is 0. The van der Waals surface area contributed by atoms with Gasteiger partial charge >= 0.3 is 12.1 Å². The lowest BCUT2D eigenvalue weighted by Crippen LogP contribution is -2.44. The molecule has 2 amide bonds. The Balaban J connectivity index is 1.34. The van der Waals surface area contributed by atoms with Crippen LogP contribution >= 0.6 is 0 Å². The normalized spacial score (nSPS) is 14.3. The molecule has 12 nitrogen and oxygen atoms in total. The average Bonchev–Trinajstić information content (AvgIpc) is 3.37. The van der Waals surface area contributed by atoms with Crippen molar-refractivity contribution in [3.05, 3.63) is 72.2 Å². The lowest BCUT2D eigenvalue weighted by molar-refractivity contribution is -0.225. The van der Waals surface area contributed by atoms with Crippen LogP contribution in [0.5, 0.6) is 5.75 Å². The van der Waals surface area contributed by atoms with Gasteiger partial charge in [-0.25, -0.2) is 19.4 Å². The number of carbonyl (C=O) groups is 3. The second kappa shape index (κ2) is 14.6. The summed E-state index contributed by atoms with van der Waals surface area (Å²) in [5.41, 5.74) is 1.51. The Morgan fingerprint density at radius 3 is 2.42 bits per heavy atom. The maximum atomic E-state index is 13.2. The molecule has 242 valence electrons. The number of nitrogens with zero attached hydrogens (tertiary/aromatic N) is 3. The van der Waals surface area contributed by atoms with E-state index in [1.54, 1.807) is 51.4 Å². The van der Waals surface area contributed by atoms with Crippen LogP contribution in [-0.4, -0.2) is 69.8 Å². The van der Waals surface area contributed by atoms with Crippen molar-refractivity contribution in [1.29, 1.82) is 0 Å². The third-order valence-corrected chi connectivity index (χ3v) is 6.31. The van der Waals surface area contributed by atoms with E-state index in [4.69, 9.17) is 23.8 Å². The first-order chi connectivity index (χ1) is 21.3. The fraction of sp³-hybridized carbons (Fsp3) is 0.455. The number of hydrogen-bond acceptors (Lipinski definition) is 9. The van der Waals surface area contributed by atoms with E-state index >= 15 is 0 Å². The molecule has 0 aliphatic carbocycles. The number of imidazole rings is 1. The van der Waals surface area contributed by atoms with Gasteiger partial charge in [0.25, 0.3) is 5.91 Å². The number of hydroxylamine groups is 2. The summed E-state index contributed by atoms with van der Waals surface area (Å²) in [4.78, 5) is 48.4. The van der Waals surface area contributed by atoms with Crippen molar-refractivity contribution in [2.24, 2.45) is 0 Å². The van der Waals surface area contributed by atoms with Crippen molar-refractivity contribution in [3.63, 3.8) is 0 Å². The van der Waals surface area contributed by atoms with Crippen LogP contribution in [0, 0.1) is 0 Å². The van der Waals surface area contributed by atoms with Crippen molar-refractivity contribution in [2.45, 2.75) is 78.4 Å². The summed E-state index contributed by atoms with van der Waals surface area (Å²) in [6.07, 6.45) is 2.71. The second-order valence-electron chi connectivity index (χ2n) is 12.6. The van der Waals surface area contributed by atoms with Gasteiger partial charge in [-0.05, 0) is 83.9 Å². The molecular weight excluding hydrogens is 580 g/mol. The van der Waals surface area contributed by atoms with Crippen LogP contribution in [0.25, 0.3) is 11.3 Å². The van der Waals surface area contributed by atoms with Gasteiger partial charge in [0.15, 0.2) is 0 Å². The number of aromatic nitrogens is 2. The number of benzene rings is 2. The zero-order valence-electron chi connectivity index (χ0n) is 26.7. The van der Waals surface area contributed by atoms with Gasteiger partial charge in [-0.3, -0.25) is 4.79 Å². The number of ether oxygens (including phenoxy) is 4. The Morgan fingerprint density at radius 1 is 1.00 bits per heavy atom. The summed E-state index contributed by atoms with van der Waals surface area (Å²) in [5.74, 6) is -0.594. The van der Waals surface area contributed by atoms with Gasteiger partial charge in [-0.2, -0.15) is 5.06 Å². The van der Waals surface area contributed by atoms with Crippen molar-refractivity contribution in [3.8, 4) is 17.0 Å². The lowest BCUT2D eigenvalue weighted by Gasteiger charge is -2.27. The first-order valence-electron chi connectivity index (χ1n) is 14.9. The molecule has 2 heterocycles. The zero-order valence-corrected chi connectivity index (χ0v) is 26.7. The van der Waals surface area contributed by atoms with Gasteiger partial charge in [-0.15, -0.1) is 0 Å². The number of nitrogens with one attached hydrogen (secondary N) is 1. The first-order valence-corrected chi connectivity index (χ1v) is 14.9. The number of fused-ring (bicyclic) bond motifs is 1. The molecule has 3 aromatic rings. The molecule has 1 aliphatic heterocycles. The van der Waals surface area contributed by atoms with E-state index in [1.807, 2.05) is 55.8 Å². The van der Waals surface area contributed by atoms with E-state index in [1.165, 1.54) is 0 Å². The predicted molar refractivity (Wildman–Crippen MR) is 165 cm³/mol. The molecule has 1 aliphatic rings. The van der Waals surface area contributed by atoms with Crippen LogP contribution < -0.4 is 10.1 Å². The lowest BCUT2D eigenvalue weighted by atomic mass is 10.1. The molecule has 0 bridgehead atoms. The number of aryl methyl sites for hydroxylation is 1. The topological polar surface area (TPSA) is 130 Å². The molecule has 1 atom stereocenters. The molecular formula is C33H42N4O8. The Hall–Kier alpha value is -4.42. The van der Waals surface area contributed by atoms with Gasteiger partial charge in [-0.1, -0.05) is 18.2 Å². The second-order valence-corrected chi connectivity index (χ2v) is 12.6. The van der Waals surface area contributed by atoms with Gasteiger partial charge in [0.1, 0.15) is 30.3 Å². The number of hydrogen-bond donors (Lipinski definition) is 1. The number of esters is 1. The van der Waals surface area contributed by atoms with E-state index in [0.717, 1.165) is 21.9 Å². The number of rotatable bonds is 11. The molecule has 0 fully saturated rings. The van der Waals surface area contributed by atoms with E-state index in [-0.39, 0.29) is 19.9 Å². The maximum Gasteiger partial charge on any atom is 0.407 e. The number of alkyl carbamates (subject to hydrolysis) is 1. The van der Waals surface area contributed by atoms with Crippen molar-refractivity contribution < 1.29 is 38.2 Å². The quantitative estimate of drug-likeness (QED) is 0.229. The molecule has 12 heteroatoms. The summed E-state index contributed by atoms with van der Waals surface area (Å²) in [6, 6.07) is 14.3. The van der Waals surface area contributed by atoms with Crippen molar-refractivity contribution >= 4 is 18.0 Å². The molecule has 2 aromatic carbocycles. The Bertz CT molecular complexity index is 1460. The van der Waals surface area contributed by atoms with Gasteiger partial charge in [0, 0.05) is 30.4 Å². The van der Waals surface area contributed by atoms with Crippen LogP contribution in [0.1, 0.15) is 63.9 Å². The minimum Gasteiger partial charge on any atom is -0.490 e. The largest absolute Gasteiger partial charge is 0.490 e. The average molecular weight is 623 g/mol. The predicted octanol–water partition coefficient (Wildman–Crippen LogP) is 5.12. The minimum atomic E-state index is -1.23. The molecule has 1 N–H and O–H groups in total. The molecule has 0 saturated carbocycles. The third-order valence-electron chi connectivity index (χ3n) is 6.31. The monoisotopic (exact) mass is 622 g/mol. The Kier molecular flexibility index (Phi) is 10.8. The fourth-order valence-electron chi connectivity index (χ4n) is 4.32. The summed E-state index contributed by atoms with van der Waals surface area (Å²) in [6.45, 7) is 11.8. The van der Waals surface area contributed by atoms with Crippen LogP contribution in [0.4, 0.5) is 4.79 Å². The highest BCUT2D eigenvalue weighted by atomic mass is 16.7. The van der Waals surface area contributed by atoms with Crippen molar-refractivity contribution in [2.75, 3.05) is 19.9 Å². The smallest absolute Gasteiger partial charge is 0.407 e. The van der Waals surface area contributed by atoms with E-state index < -0.39 is 35.3 Å². The minimum absolute atomic E-state index is 0.158. The molecule has 4 rings (SSSR count). The van der Waals surface area contributed by atoms with Crippen LogP contribution in [0.3, 0.4) is 0 Å². The molecule has 45 heavy (non-hydrogen) atoms. The van der Waals surface area contributed by atoms with E-state index in [0.29, 0.717) is 30.8 Å². The van der Waals surface area contributed by atoms with Gasteiger partial charge < -0.3 is 28.8 Å². The number of carbonyl (C=O) groups excluding carboxylic acids is 3. The van der Waals surface area contributed by atoms with E-state index in [2.05, 4.69) is 10.3 Å². The number of amides is 2. The fourth-order valence-corrected chi connectivity index (χ4v) is 4.32. The summed E-state index contributed by atoms with van der Waals surface area (Å²) in [5, 5.41) is 3.78. The molecule has 1 aromatic heterocycles. The highest BCUT2D eigenvalue weighted by Gasteiger charge is 2.33. The van der Waals surface area contributed by atoms with Gasteiger partial charge in [0.05, 0.1) is 18.6 Å². The zero-order chi connectivity index (χ0) is 32.6. The SMILES string of the molecule is CC(C)(C)OC(=O)NCCCn1cnc(-c2ccc(OC[C@H](ON3COCc4ccccc4C3=O)C(=O)OC(C)(C)C)cc2)c1.